The van der Waals surface area contributed by atoms with Crippen LogP contribution in [0.15, 0.2) is 28.0 Å². The Morgan fingerprint density at radius 1 is 1.73 bits per heavy atom. The first-order chi connectivity index (χ1) is 7.24. The zero-order valence-corrected chi connectivity index (χ0v) is 8.81. The fourth-order valence-corrected chi connectivity index (χ4v) is 1.19. The monoisotopic (exact) mass is 211 g/mol. The molecule has 1 atom stereocenters. The summed E-state index contributed by atoms with van der Waals surface area (Å²) in [4.78, 5) is 0. The second kappa shape index (κ2) is 6.08. The fraction of sp³-hybridized carbons (Fsp3) is 0.500. The van der Waals surface area contributed by atoms with E-state index in [1.165, 1.54) is 0 Å². The zero-order valence-electron chi connectivity index (χ0n) is 8.81. The SMILES string of the molecule is CC(CNCCc1ccco1)C(N)=NO. The molecule has 0 aliphatic heterocycles. The van der Waals surface area contributed by atoms with Crippen molar-refractivity contribution in [2.45, 2.75) is 13.3 Å². The summed E-state index contributed by atoms with van der Waals surface area (Å²) in [5.41, 5.74) is 5.43. The maximum absolute atomic E-state index is 8.43. The second-order valence-corrected chi connectivity index (χ2v) is 3.46. The molecule has 1 unspecified atom stereocenters. The van der Waals surface area contributed by atoms with Crippen molar-refractivity contribution in [2.75, 3.05) is 13.1 Å². The van der Waals surface area contributed by atoms with Gasteiger partial charge in [-0.05, 0) is 12.1 Å². The Morgan fingerprint density at radius 3 is 3.13 bits per heavy atom. The van der Waals surface area contributed by atoms with Crippen LogP contribution in [0.4, 0.5) is 0 Å². The third-order valence-electron chi connectivity index (χ3n) is 2.20. The Morgan fingerprint density at radius 2 is 2.53 bits per heavy atom. The summed E-state index contributed by atoms with van der Waals surface area (Å²) in [6, 6.07) is 3.81. The molecule has 0 amide bonds. The molecule has 0 radical (unpaired) electrons. The van der Waals surface area contributed by atoms with Crippen LogP contribution in [0.2, 0.25) is 0 Å². The minimum atomic E-state index is 0.0339. The number of oxime groups is 1. The molecule has 15 heavy (non-hydrogen) atoms. The molecule has 0 aliphatic carbocycles. The van der Waals surface area contributed by atoms with Gasteiger partial charge in [0, 0.05) is 25.4 Å². The summed E-state index contributed by atoms with van der Waals surface area (Å²) in [5, 5.41) is 14.6. The smallest absolute Gasteiger partial charge is 0.143 e. The first kappa shape index (κ1) is 11.6. The van der Waals surface area contributed by atoms with E-state index < -0.39 is 0 Å². The summed E-state index contributed by atoms with van der Waals surface area (Å²) >= 11 is 0. The predicted octanol–water partition coefficient (Wildman–Crippen LogP) is 0.794. The van der Waals surface area contributed by atoms with E-state index in [2.05, 4.69) is 10.5 Å². The highest BCUT2D eigenvalue weighted by atomic mass is 16.4. The van der Waals surface area contributed by atoms with Crippen molar-refractivity contribution in [3.63, 3.8) is 0 Å². The van der Waals surface area contributed by atoms with Gasteiger partial charge in [0.2, 0.25) is 0 Å². The lowest BCUT2D eigenvalue weighted by atomic mass is 10.1. The molecule has 5 nitrogen and oxygen atoms in total. The van der Waals surface area contributed by atoms with Crippen LogP contribution >= 0.6 is 0 Å². The van der Waals surface area contributed by atoms with Gasteiger partial charge in [0.25, 0.3) is 0 Å². The van der Waals surface area contributed by atoms with E-state index in [0.717, 1.165) is 18.7 Å². The maximum atomic E-state index is 8.43. The van der Waals surface area contributed by atoms with Crippen LogP contribution in [0.3, 0.4) is 0 Å². The van der Waals surface area contributed by atoms with Gasteiger partial charge in [0.05, 0.1) is 6.26 Å². The van der Waals surface area contributed by atoms with E-state index in [4.69, 9.17) is 15.4 Å². The lowest BCUT2D eigenvalue weighted by Crippen LogP contribution is -2.32. The third kappa shape index (κ3) is 4.03. The van der Waals surface area contributed by atoms with Crippen molar-refractivity contribution in [1.82, 2.24) is 5.32 Å². The molecule has 4 N–H and O–H groups in total. The van der Waals surface area contributed by atoms with Crippen LogP contribution in [0.1, 0.15) is 12.7 Å². The average Bonchev–Trinajstić information content (AvgIpc) is 2.75. The molecule has 0 fully saturated rings. The lowest BCUT2D eigenvalue weighted by Gasteiger charge is -2.09. The molecule has 1 aromatic heterocycles. The molecule has 1 aromatic rings. The van der Waals surface area contributed by atoms with Crippen LogP contribution < -0.4 is 11.1 Å². The molecule has 1 rings (SSSR count). The first-order valence-corrected chi connectivity index (χ1v) is 4.94. The minimum absolute atomic E-state index is 0.0339. The summed E-state index contributed by atoms with van der Waals surface area (Å²) < 4.78 is 5.18. The van der Waals surface area contributed by atoms with Gasteiger partial charge in [-0.25, -0.2) is 0 Å². The summed E-state index contributed by atoms with van der Waals surface area (Å²) in [5.74, 6) is 1.24. The zero-order chi connectivity index (χ0) is 11.1. The molecule has 0 saturated carbocycles. The molecule has 1 heterocycles. The Labute approximate surface area is 88.9 Å². The van der Waals surface area contributed by atoms with Gasteiger partial charge in [0.1, 0.15) is 11.6 Å². The summed E-state index contributed by atoms with van der Waals surface area (Å²) in [7, 11) is 0. The quantitative estimate of drug-likeness (QED) is 0.213. The molecule has 84 valence electrons. The number of hydrogen-bond donors (Lipinski definition) is 3. The molecule has 0 aliphatic rings. The predicted molar refractivity (Wildman–Crippen MR) is 57.9 cm³/mol. The average molecular weight is 211 g/mol. The number of rotatable bonds is 6. The van der Waals surface area contributed by atoms with Crippen LogP contribution in [-0.2, 0) is 6.42 Å². The van der Waals surface area contributed by atoms with E-state index in [0.29, 0.717) is 6.54 Å². The molecule has 5 heteroatoms. The number of amidine groups is 1. The lowest BCUT2D eigenvalue weighted by molar-refractivity contribution is 0.314. The van der Waals surface area contributed by atoms with Crippen LogP contribution in [0, 0.1) is 5.92 Å². The van der Waals surface area contributed by atoms with Gasteiger partial charge >= 0.3 is 0 Å². The van der Waals surface area contributed by atoms with E-state index >= 15 is 0 Å². The van der Waals surface area contributed by atoms with Gasteiger partial charge in [0.15, 0.2) is 0 Å². The van der Waals surface area contributed by atoms with Gasteiger partial charge < -0.3 is 20.7 Å². The first-order valence-electron chi connectivity index (χ1n) is 4.94. The Kier molecular flexibility index (Phi) is 4.70. The highest BCUT2D eigenvalue weighted by Crippen LogP contribution is 1.99. The normalized spacial score (nSPS) is 14.1. The number of furan rings is 1. The van der Waals surface area contributed by atoms with Gasteiger partial charge in [-0.3, -0.25) is 0 Å². The van der Waals surface area contributed by atoms with E-state index in [-0.39, 0.29) is 11.8 Å². The number of nitrogens with one attached hydrogen (secondary N) is 1. The Bertz CT molecular complexity index is 296. The van der Waals surface area contributed by atoms with Crippen molar-refractivity contribution >= 4 is 5.84 Å². The molecule has 0 spiro atoms. The van der Waals surface area contributed by atoms with Crippen LogP contribution in [0.25, 0.3) is 0 Å². The molecule has 0 aromatic carbocycles. The van der Waals surface area contributed by atoms with Crippen LogP contribution in [-0.4, -0.2) is 24.1 Å². The molecule has 0 saturated heterocycles. The topological polar surface area (TPSA) is 83.8 Å². The minimum Gasteiger partial charge on any atom is -0.469 e. The molecular formula is C10H17N3O2. The highest BCUT2D eigenvalue weighted by molar-refractivity contribution is 5.82. The van der Waals surface area contributed by atoms with E-state index in [1.54, 1.807) is 6.26 Å². The van der Waals surface area contributed by atoms with Crippen LogP contribution in [0.5, 0.6) is 0 Å². The van der Waals surface area contributed by atoms with Gasteiger partial charge in [-0.1, -0.05) is 12.1 Å². The highest BCUT2D eigenvalue weighted by Gasteiger charge is 2.06. The fourth-order valence-electron chi connectivity index (χ4n) is 1.19. The maximum Gasteiger partial charge on any atom is 0.143 e. The van der Waals surface area contributed by atoms with Crippen molar-refractivity contribution in [2.24, 2.45) is 16.8 Å². The van der Waals surface area contributed by atoms with Crippen molar-refractivity contribution in [3.8, 4) is 0 Å². The Hall–Kier alpha value is -1.49. The largest absolute Gasteiger partial charge is 0.469 e. The number of nitrogens with two attached hydrogens (primary N) is 1. The number of nitrogens with zero attached hydrogens (tertiary/aromatic N) is 1. The van der Waals surface area contributed by atoms with Gasteiger partial charge in [-0.15, -0.1) is 0 Å². The van der Waals surface area contributed by atoms with E-state index in [9.17, 15) is 0 Å². The second-order valence-electron chi connectivity index (χ2n) is 3.46. The van der Waals surface area contributed by atoms with Crippen molar-refractivity contribution in [1.29, 1.82) is 0 Å². The standard InChI is InChI=1S/C10H17N3O2/c1-8(10(11)13-14)7-12-5-4-9-3-2-6-15-9/h2-3,6,8,12,14H,4-5,7H2,1H3,(H2,11,13). The van der Waals surface area contributed by atoms with E-state index in [1.807, 2.05) is 19.1 Å². The summed E-state index contributed by atoms with van der Waals surface area (Å²) in [6.45, 7) is 3.40. The summed E-state index contributed by atoms with van der Waals surface area (Å²) in [6.07, 6.45) is 2.50. The molecular weight excluding hydrogens is 194 g/mol. The van der Waals surface area contributed by atoms with Crippen molar-refractivity contribution < 1.29 is 9.62 Å². The van der Waals surface area contributed by atoms with Gasteiger partial charge in [-0.2, -0.15) is 0 Å². The Balaban J connectivity index is 2.12. The number of hydrogen-bond acceptors (Lipinski definition) is 4. The molecule has 0 bridgehead atoms. The van der Waals surface area contributed by atoms with Crippen molar-refractivity contribution in [3.05, 3.63) is 24.2 Å². The third-order valence-corrected chi connectivity index (χ3v) is 2.20.